The van der Waals surface area contributed by atoms with Crippen molar-refractivity contribution in [3.63, 3.8) is 0 Å². The zero-order valence-corrected chi connectivity index (χ0v) is 13.5. The number of hydrogen-bond donors (Lipinski definition) is 0. The maximum atomic E-state index is 14.2. The highest BCUT2D eigenvalue weighted by atomic mass is 19.3. The van der Waals surface area contributed by atoms with E-state index in [2.05, 4.69) is 0 Å². The first-order valence-electron chi connectivity index (χ1n) is 8.04. The van der Waals surface area contributed by atoms with E-state index in [-0.39, 0.29) is 38.9 Å². The van der Waals surface area contributed by atoms with Gasteiger partial charge in [0.1, 0.15) is 13.2 Å². The van der Waals surface area contributed by atoms with Gasteiger partial charge in [0.15, 0.2) is 0 Å². The van der Waals surface area contributed by atoms with E-state index in [1.54, 1.807) is 0 Å². The molecule has 0 heterocycles. The normalized spacial score (nSPS) is 41.1. The number of hydrogen-bond acceptors (Lipinski definition) is 4. The van der Waals surface area contributed by atoms with Crippen LogP contribution < -0.4 is 0 Å². The van der Waals surface area contributed by atoms with Crippen LogP contribution in [0.1, 0.15) is 39.5 Å². The fourth-order valence-corrected chi connectivity index (χ4v) is 4.62. The average molecular weight is 352 g/mol. The van der Waals surface area contributed by atoms with Crippen molar-refractivity contribution in [2.45, 2.75) is 51.4 Å². The van der Waals surface area contributed by atoms with Crippen LogP contribution in [0.4, 0.5) is 17.6 Å². The van der Waals surface area contributed by atoms with Crippen molar-refractivity contribution in [1.82, 2.24) is 0 Å². The largest absolute Gasteiger partial charge is 0.465 e. The Labute approximate surface area is 136 Å². The molecule has 2 spiro atoms. The monoisotopic (exact) mass is 352 g/mol. The first-order valence-corrected chi connectivity index (χ1v) is 8.04. The Morgan fingerprint density at radius 2 is 1.08 bits per heavy atom. The summed E-state index contributed by atoms with van der Waals surface area (Å²) in [7, 11) is 0. The minimum Gasteiger partial charge on any atom is -0.465 e. The number of ether oxygens (including phenoxy) is 2. The van der Waals surface area contributed by atoms with Crippen LogP contribution in [-0.2, 0) is 19.1 Å². The molecular weight excluding hydrogens is 332 g/mol. The maximum absolute atomic E-state index is 14.2. The molecule has 0 radical (unpaired) electrons. The van der Waals surface area contributed by atoms with E-state index in [4.69, 9.17) is 9.47 Å². The molecule has 0 aromatic rings. The van der Waals surface area contributed by atoms with Crippen molar-refractivity contribution in [2.75, 3.05) is 13.2 Å². The third kappa shape index (κ3) is 2.17. The number of esters is 2. The van der Waals surface area contributed by atoms with Gasteiger partial charge < -0.3 is 9.47 Å². The van der Waals surface area contributed by atoms with E-state index in [0.717, 1.165) is 13.8 Å². The molecule has 0 aliphatic heterocycles. The molecule has 2 atom stereocenters. The van der Waals surface area contributed by atoms with Crippen LogP contribution in [0.25, 0.3) is 0 Å². The predicted octanol–water partition coefficient (Wildman–Crippen LogP) is 3.19. The SMILES string of the molecule is CC(=O)OC[C@@H]1C(F)(F)C12CCC1(CC2)[C@H](COC(C)=O)C1(F)F. The summed E-state index contributed by atoms with van der Waals surface area (Å²) in [6.45, 7) is 1.55. The highest BCUT2D eigenvalue weighted by Gasteiger charge is 2.87. The molecule has 0 saturated heterocycles. The van der Waals surface area contributed by atoms with Crippen LogP contribution in [0.5, 0.6) is 0 Å². The van der Waals surface area contributed by atoms with Crippen molar-refractivity contribution in [3.8, 4) is 0 Å². The standard InChI is InChI=1S/C16H20F4O4/c1-9(21)23-7-11-13(15(11,17)18)3-5-14(6-4-13)12(16(14,19)20)8-24-10(2)22/h11-12H,3-8H2,1-2H3/t11-,12-,13?,14?/m0/s1. The molecule has 3 saturated carbocycles. The second-order valence-electron chi connectivity index (χ2n) is 7.27. The first kappa shape index (κ1) is 17.5. The van der Waals surface area contributed by atoms with Crippen molar-refractivity contribution in [1.29, 1.82) is 0 Å². The van der Waals surface area contributed by atoms with Crippen LogP contribution in [0, 0.1) is 22.7 Å². The topological polar surface area (TPSA) is 52.6 Å². The molecule has 136 valence electrons. The summed E-state index contributed by atoms with van der Waals surface area (Å²) in [5, 5.41) is 0. The van der Waals surface area contributed by atoms with Crippen molar-refractivity contribution in [3.05, 3.63) is 0 Å². The van der Waals surface area contributed by atoms with Crippen molar-refractivity contribution < 1.29 is 36.6 Å². The van der Waals surface area contributed by atoms with Gasteiger partial charge in [-0.2, -0.15) is 0 Å². The number of rotatable bonds is 4. The lowest BCUT2D eigenvalue weighted by atomic mass is 9.74. The van der Waals surface area contributed by atoms with E-state index in [1.165, 1.54) is 0 Å². The lowest BCUT2D eigenvalue weighted by Gasteiger charge is -2.29. The van der Waals surface area contributed by atoms with Gasteiger partial charge in [0.25, 0.3) is 11.8 Å². The summed E-state index contributed by atoms with van der Waals surface area (Å²) in [5.41, 5.74) is -2.67. The Morgan fingerprint density at radius 1 is 0.792 bits per heavy atom. The van der Waals surface area contributed by atoms with Crippen LogP contribution in [0.15, 0.2) is 0 Å². The van der Waals surface area contributed by atoms with Crippen LogP contribution in [-0.4, -0.2) is 37.0 Å². The predicted molar refractivity (Wildman–Crippen MR) is 73.5 cm³/mol. The van der Waals surface area contributed by atoms with Gasteiger partial charge >= 0.3 is 11.9 Å². The molecule has 0 aromatic heterocycles. The highest BCUT2D eigenvalue weighted by molar-refractivity contribution is 5.66. The Bertz CT molecular complexity index is 516. The van der Waals surface area contributed by atoms with Gasteiger partial charge in [-0.25, -0.2) is 17.6 Å². The minimum absolute atomic E-state index is 0.0297. The Morgan fingerprint density at radius 3 is 1.33 bits per heavy atom. The smallest absolute Gasteiger partial charge is 0.302 e. The number of halogens is 4. The van der Waals surface area contributed by atoms with Crippen molar-refractivity contribution in [2.24, 2.45) is 22.7 Å². The Hall–Kier alpha value is -1.34. The number of carbonyl (C=O) groups excluding carboxylic acids is 2. The van der Waals surface area contributed by atoms with Gasteiger partial charge in [-0.15, -0.1) is 0 Å². The zero-order valence-electron chi connectivity index (χ0n) is 13.5. The van der Waals surface area contributed by atoms with Crippen molar-refractivity contribution >= 4 is 11.9 Å². The van der Waals surface area contributed by atoms with Gasteiger partial charge in [0.05, 0.1) is 11.8 Å². The van der Waals surface area contributed by atoms with E-state index in [1.807, 2.05) is 0 Å². The molecule has 3 rings (SSSR count). The van der Waals surface area contributed by atoms with Gasteiger partial charge in [0.2, 0.25) is 0 Å². The third-order valence-corrected chi connectivity index (χ3v) is 6.31. The Balaban J connectivity index is 1.64. The van der Waals surface area contributed by atoms with Gasteiger partial charge in [-0.05, 0) is 25.7 Å². The summed E-state index contributed by atoms with van der Waals surface area (Å²) in [6, 6.07) is 0. The average Bonchev–Trinajstić information content (AvgIpc) is 3.12. The molecule has 3 fully saturated rings. The maximum Gasteiger partial charge on any atom is 0.302 e. The molecule has 0 aromatic carbocycles. The zero-order chi connectivity index (χ0) is 18.0. The summed E-state index contributed by atoms with van der Waals surface area (Å²) >= 11 is 0. The molecule has 8 heteroatoms. The fraction of sp³-hybridized carbons (Fsp3) is 0.875. The van der Waals surface area contributed by atoms with E-state index < -0.39 is 46.4 Å². The second-order valence-corrected chi connectivity index (χ2v) is 7.27. The molecule has 0 N–H and O–H groups in total. The third-order valence-electron chi connectivity index (χ3n) is 6.31. The molecule has 0 amide bonds. The second kappa shape index (κ2) is 5.08. The molecule has 4 nitrogen and oxygen atoms in total. The molecular formula is C16H20F4O4. The quantitative estimate of drug-likeness (QED) is 0.576. The molecule has 24 heavy (non-hydrogen) atoms. The van der Waals surface area contributed by atoms with Gasteiger partial charge in [0, 0.05) is 24.7 Å². The van der Waals surface area contributed by atoms with E-state index in [0.29, 0.717) is 0 Å². The molecule has 0 unspecified atom stereocenters. The van der Waals surface area contributed by atoms with Crippen LogP contribution in [0.2, 0.25) is 0 Å². The van der Waals surface area contributed by atoms with Gasteiger partial charge in [-0.3, -0.25) is 9.59 Å². The summed E-state index contributed by atoms with van der Waals surface area (Å²) in [4.78, 5) is 21.6. The fourth-order valence-electron chi connectivity index (χ4n) is 4.62. The van der Waals surface area contributed by atoms with Gasteiger partial charge in [-0.1, -0.05) is 0 Å². The summed E-state index contributed by atoms with van der Waals surface area (Å²) in [6.07, 6.45) is -0.119. The lowest BCUT2D eigenvalue weighted by molar-refractivity contribution is -0.143. The first-order chi connectivity index (χ1) is 11.0. The summed E-state index contributed by atoms with van der Waals surface area (Å²) < 4.78 is 66.0. The van der Waals surface area contributed by atoms with E-state index >= 15 is 0 Å². The minimum atomic E-state index is -2.99. The molecule has 0 bridgehead atoms. The van der Waals surface area contributed by atoms with Crippen LogP contribution in [0.3, 0.4) is 0 Å². The summed E-state index contributed by atoms with van der Waals surface area (Å²) in [5.74, 6) is -9.42. The molecule has 3 aliphatic carbocycles. The van der Waals surface area contributed by atoms with E-state index in [9.17, 15) is 27.2 Å². The Kier molecular flexibility index (Phi) is 3.70. The molecule has 3 aliphatic rings. The number of alkyl halides is 4. The lowest BCUT2D eigenvalue weighted by Crippen LogP contribution is -2.26. The highest BCUT2D eigenvalue weighted by Crippen LogP contribution is 2.80. The van der Waals surface area contributed by atoms with Crippen LogP contribution >= 0.6 is 0 Å². The number of carbonyl (C=O) groups is 2.